The van der Waals surface area contributed by atoms with Crippen LogP contribution in [0.3, 0.4) is 0 Å². The first-order valence-electron chi connectivity index (χ1n) is 9.81. The van der Waals surface area contributed by atoms with Crippen LogP contribution in [0.25, 0.3) is 0 Å². The molecule has 33 heavy (non-hydrogen) atoms. The molecule has 1 heterocycles. The molecule has 0 aliphatic carbocycles. The van der Waals surface area contributed by atoms with Crippen LogP contribution in [0, 0.1) is 0 Å². The van der Waals surface area contributed by atoms with E-state index in [4.69, 9.17) is 46.4 Å². The van der Waals surface area contributed by atoms with Gasteiger partial charge in [-0.25, -0.2) is 0 Å². The molecular formula is C21H19Cl4N5O2S. The maximum Gasteiger partial charge on any atom is 0.251 e. The van der Waals surface area contributed by atoms with Crippen LogP contribution in [0.4, 0.5) is 5.69 Å². The van der Waals surface area contributed by atoms with Gasteiger partial charge in [-0.05, 0) is 43.3 Å². The van der Waals surface area contributed by atoms with Crippen LogP contribution in [-0.4, -0.2) is 38.9 Å². The predicted molar refractivity (Wildman–Crippen MR) is 134 cm³/mol. The summed E-state index contributed by atoms with van der Waals surface area (Å²) in [6, 6.07) is 9.56. The van der Waals surface area contributed by atoms with E-state index in [0.717, 1.165) is 0 Å². The molecule has 0 spiro atoms. The molecule has 3 aromatic rings. The molecule has 0 aliphatic heterocycles. The molecule has 12 heteroatoms. The Bertz CT molecular complexity index is 1170. The molecule has 0 radical (unpaired) electrons. The van der Waals surface area contributed by atoms with Crippen molar-refractivity contribution in [2.24, 2.45) is 0 Å². The smallest absolute Gasteiger partial charge is 0.251 e. The number of nitrogens with zero attached hydrogens (tertiary/aromatic N) is 3. The summed E-state index contributed by atoms with van der Waals surface area (Å²) in [5, 5.41) is 16.1. The van der Waals surface area contributed by atoms with E-state index in [1.807, 2.05) is 11.5 Å². The highest BCUT2D eigenvalue weighted by molar-refractivity contribution is 7.99. The molecule has 0 saturated heterocycles. The molecule has 3 rings (SSSR count). The van der Waals surface area contributed by atoms with Crippen LogP contribution >= 0.6 is 58.2 Å². The predicted octanol–water partition coefficient (Wildman–Crippen LogP) is 5.61. The standard InChI is InChI=1S/C21H19Cl4N5O2S/c1-2-30-18(7-8-26-20(32)12-3-5-14(23)15(24)9-12)28-29-21(30)33-11-19(31)27-17-6-4-13(22)10-16(17)25/h3-6,9-10H,2,7-8,11H2,1H3,(H,26,32)(H,27,31). The van der Waals surface area contributed by atoms with E-state index in [9.17, 15) is 9.59 Å². The van der Waals surface area contributed by atoms with Gasteiger partial charge in [-0.3, -0.25) is 9.59 Å². The largest absolute Gasteiger partial charge is 0.352 e. The quantitative estimate of drug-likeness (QED) is 0.340. The maximum absolute atomic E-state index is 12.3. The Kier molecular flexibility index (Phi) is 9.28. The van der Waals surface area contributed by atoms with Gasteiger partial charge in [0.25, 0.3) is 5.91 Å². The molecule has 0 unspecified atom stereocenters. The second kappa shape index (κ2) is 11.9. The van der Waals surface area contributed by atoms with Crippen LogP contribution in [0.1, 0.15) is 23.1 Å². The van der Waals surface area contributed by atoms with Crippen LogP contribution in [0.15, 0.2) is 41.6 Å². The SMILES string of the molecule is CCn1c(CCNC(=O)c2ccc(Cl)c(Cl)c2)nnc1SCC(=O)Nc1ccc(Cl)cc1Cl. The summed E-state index contributed by atoms with van der Waals surface area (Å²) in [5.74, 6) is 0.342. The number of halogens is 4. The van der Waals surface area contributed by atoms with Crippen molar-refractivity contribution >= 4 is 75.7 Å². The lowest BCUT2D eigenvalue weighted by atomic mass is 10.2. The fourth-order valence-electron chi connectivity index (χ4n) is 2.86. The number of benzene rings is 2. The van der Waals surface area contributed by atoms with E-state index < -0.39 is 0 Å². The van der Waals surface area contributed by atoms with Crippen molar-refractivity contribution < 1.29 is 9.59 Å². The summed E-state index contributed by atoms with van der Waals surface area (Å²) in [5.41, 5.74) is 0.909. The number of nitrogens with one attached hydrogen (secondary N) is 2. The molecule has 1 aromatic heterocycles. The van der Waals surface area contributed by atoms with Gasteiger partial charge in [-0.2, -0.15) is 0 Å². The van der Waals surface area contributed by atoms with Crippen molar-refractivity contribution in [2.75, 3.05) is 17.6 Å². The van der Waals surface area contributed by atoms with Gasteiger partial charge in [0.15, 0.2) is 5.16 Å². The highest BCUT2D eigenvalue weighted by atomic mass is 35.5. The maximum atomic E-state index is 12.3. The molecule has 2 N–H and O–H groups in total. The number of anilines is 1. The number of carbonyl (C=O) groups excluding carboxylic acids is 2. The zero-order valence-corrected chi connectivity index (χ0v) is 21.2. The first-order valence-corrected chi connectivity index (χ1v) is 12.3. The van der Waals surface area contributed by atoms with E-state index in [-0.39, 0.29) is 17.6 Å². The Labute approximate surface area is 215 Å². The monoisotopic (exact) mass is 545 g/mol. The molecule has 174 valence electrons. The number of amides is 2. The molecule has 2 aromatic carbocycles. The molecule has 0 aliphatic rings. The van der Waals surface area contributed by atoms with Gasteiger partial charge in [-0.15, -0.1) is 10.2 Å². The number of rotatable bonds is 9. The third-order valence-electron chi connectivity index (χ3n) is 4.46. The zero-order valence-electron chi connectivity index (χ0n) is 17.4. The summed E-state index contributed by atoms with van der Waals surface area (Å²) in [6.45, 7) is 2.94. The van der Waals surface area contributed by atoms with Gasteiger partial charge in [-0.1, -0.05) is 58.2 Å². The minimum absolute atomic E-state index is 0.130. The van der Waals surface area contributed by atoms with Gasteiger partial charge in [0, 0.05) is 30.1 Å². The van der Waals surface area contributed by atoms with Crippen molar-refractivity contribution in [2.45, 2.75) is 25.0 Å². The molecule has 0 bridgehead atoms. The van der Waals surface area contributed by atoms with E-state index >= 15 is 0 Å². The van der Waals surface area contributed by atoms with E-state index in [1.165, 1.54) is 17.8 Å². The fourth-order valence-corrected chi connectivity index (χ4v) is 4.44. The van der Waals surface area contributed by atoms with Crippen LogP contribution < -0.4 is 10.6 Å². The zero-order chi connectivity index (χ0) is 24.0. The van der Waals surface area contributed by atoms with Crippen molar-refractivity contribution in [1.29, 1.82) is 0 Å². The van der Waals surface area contributed by atoms with E-state index in [2.05, 4.69) is 20.8 Å². The second-order valence-electron chi connectivity index (χ2n) is 6.74. The summed E-state index contributed by atoms with van der Waals surface area (Å²) in [7, 11) is 0. The average Bonchev–Trinajstić information content (AvgIpc) is 3.17. The molecule has 7 nitrogen and oxygen atoms in total. The highest BCUT2D eigenvalue weighted by Gasteiger charge is 2.15. The van der Waals surface area contributed by atoms with Crippen molar-refractivity contribution in [1.82, 2.24) is 20.1 Å². The van der Waals surface area contributed by atoms with Crippen LogP contribution in [-0.2, 0) is 17.8 Å². The number of thioether (sulfide) groups is 1. The molecule has 0 saturated carbocycles. The summed E-state index contributed by atoms with van der Waals surface area (Å²) in [4.78, 5) is 24.6. The van der Waals surface area contributed by atoms with Crippen molar-refractivity contribution in [3.8, 4) is 0 Å². The minimum Gasteiger partial charge on any atom is -0.352 e. The topological polar surface area (TPSA) is 88.9 Å². The number of aromatic nitrogens is 3. The van der Waals surface area contributed by atoms with Crippen LogP contribution in [0.5, 0.6) is 0 Å². The van der Waals surface area contributed by atoms with Gasteiger partial charge in [0.1, 0.15) is 5.82 Å². The summed E-state index contributed by atoms with van der Waals surface area (Å²) >= 11 is 25.1. The Morgan fingerprint density at radius 2 is 1.79 bits per heavy atom. The van der Waals surface area contributed by atoms with Gasteiger partial charge >= 0.3 is 0 Å². The third-order valence-corrected chi connectivity index (χ3v) is 6.72. The number of carbonyl (C=O) groups is 2. The van der Waals surface area contributed by atoms with Crippen molar-refractivity contribution in [3.05, 3.63) is 67.9 Å². The first kappa shape index (κ1) is 25.6. The molecular weight excluding hydrogens is 528 g/mol. The second-order valence-corrected chi connectivity index (χ2v) is 9.34. The lowest BCUT2D eigenvalue weighted by Gasteiger charge is -2.09. The van der Waals surface area contributed by atoms with Crippen molar-refractivity contribution in [3.63, 3.8) is 0 Å². The Hall–Kier alpha value is -1.97. The van der Waals surface area contributed by atoms with E-state index in [1.54, 1.807) is 30.3 Å². The summed E-state index contributed by atoms with van der Waals surface area (Å²) < 4.78 is 1.90. The number of hydrogen-bond donors (Lipinski definition) is 2. The highest BCUT2D eigenvalue weighted by Crippen LogP contribution is 2.26. The normalized spacial score (nSPS) is 10.8. The van der Waals surface area contributed by atoms with E-state index in [0.29, 0.717) is 61.8 Å². The Morgan fingerprint density at radius 1 is 1.00 bits per heavy atom. The van der Waals surface area contributed by atoms with Crippen LogP contribution in [0.2, 0.25) is 20.1 Å². The Balaban J connectivity index is 1.53. The van der Waals surface area contributed by atoms with Gasteiger partial charge < -0.3 is 15.2 Å². The molecule has 0 atom stereocenters. The summed E-state index contributed by atoms with van der Waals surface area (Å²) in [6.07, 6.45) is 0.473. The van der Waals surface area contributed by atoms with Gasteiger partial charge in [0.2, 0.25) is 5.91 Å². The lowest BCUT2D eigenvalue weighted by molar-refractivity contribution is -0.113. The minimum atomic E-state index is -0.261. The number of hydrogen-bond acceptors (Lipinski definition) is 5. The third kappa shape index (κ3) is 7.01. The van der Waals surface area contributed by atoms with Gasteiger partial charge in [0.05, 0.1) is 26.5 Å². The first-order chi connectivity index (χ1) is 15.8. The fraction of sp³-hybridized carbons (Fsp3) is 0.238. The molecule has 0 fully saturated rings. The average molecular weight is 547 g/mol. The lowest BCUT2D eigenvalue weighted by Crippen LogP contribution is -2.26. The Morgan fingerprint density at radius 3 is 2.48 bits per heavy atom. The molecule has 2 amide bonds.